The highest BCUT2D eigenvalue weighted by Gasteiger charge is 2.10. The number of allylic oxidation sites excluding steroid dienone is 2. The van der Waals surface area contributed by atoms with Gasteiger partial charge in [-0.3, -0.25) is 0 Å². The Morgan fingerprint density at radius 3 is 2.50 bits per heavy atom. The molecule has 0 aromatic heterocycles. The zero-order valence-electron chi connectivity index (χ0n) is 11.0. The van der Waals surface area contributed by atoms with Gasteiger partial charge in [0.1, 0.15) is 5.75 Å². The molecule has 0 fully saturated rings. The van der Waals surface area contributed by atoms with Gasteiger partial charge in [-0.1, -0.05) is 25.1 Å². The van der Waals surface area contributed by atoms with Crippen molar-refractivity contribution in [2.75, 3.05) is 7.11 Å². The van der Waals surface area contributed by atoms with Gasteiger partial charge in [0.2, 0.25) is 0 Å². The van der Waals surface area contributed by atoms with Crippen molar-refractivity contribution < 1.29 is 4.74 Å². The standard InChI is InChI=1S/C15H22O/c1-6-7-8-11(2)14-9-13(4)15(16-5)10-12(14)3/h6-7,9-11H,8H2,1-5H3/b7-6-. The molecular weight excluding hydrogens is 196 g/mol. The van der Waals surface area contributed by atoms with Crippen molar-refractivity contribution in [3.8, 4) is 5.75 Å². The highest BCUT2D eigenvalue weighted by atomic mass is 16.5. The molecule has 0 saturated heterocycles. The molecule has 0 aliphatic rings. The number of benzene rings is 1. The Kier molecular flexibility index (Phi) is 4.60. The Morgan fingerprint density at radius 2 is 1.94 bits per heavy atom. The molecule has 0 amide bonds. The third-order valence-corrected chi connectivity index (χ3v) is 3.04. The molecule has 1 atom stereocenters. The summed E-state index contributed by atoms with van der Waals surface area (Å²) in [6, 6.07) is 4.39. The molecule has 16 heavy (non-hydrogen) atoms. The second-order valence-electron chi connectivity index (χ2n) is 4.38. The largest absolute Gasteiger partial charge is 0.496 e. The van der Waals surface area contributed by atoms with Crippen LogP contribution in [-0.2, 0) is 0 Å². The van der Waals surface area contributed by atoms with E-state index in [9.17, 15) is 0 Å². The molecule has 0 aliphatic heterocycles. The van der Waals surface area contributed by atoms with Crippen LogP contribution in [0.4, 0.5) is 0 Å². The first kappa shape index (κ1) is 12.8. The van der Waals surface area contributed by atoms with Gasteiger partial charge in [0, 0.05) is 0 Å². The van der Waals surface area contributed by atoms with Crippen molar-refractivity contribution in [1.29, 1.82) is 0 Å². The van der Waals surface area contributed by atoms with Gasteiger partial charge in [0.15, 0.2) is 0 Å². The first-order valence-electron chi connectivity index (χ1n) is 5.86. The quantitative estimate of drug-likeness (QED) is 0.681. The van der Waals surface area contributed by atoms with Crippen LogP contribution in [0.15, 0.2) is 24.3 Å². The summed E-state index contributed by atoms with van der Waals surface area (Å²) >= 11 is 0. The lowest BCUT2D eigenvalue weighted by Crippen LogP contribution is -1.98. The lowest BCUT2D eigenvalue weighted by atomic mass is 9.92. The Balaban J connectivity index is 3.00. The van der Waals surface area contributed by atoms with E-state index in [0.717, 1.165) is 12.2 Å². The van der Waals surface area contributed by atoms with E-state index in [1.54, 1.807) is 7.11 Å². The molecule has 0 heterocycles. The molecule has 1 rings (SSSR count). The van der Waals surface area contributed by atoms with Gasteiger partial charge in [-0.2, -0.15) is 0 Å². The van der Waals surface area contributed by atoms with Crippen molar-refractivity contribution in [1.82, 2.24) is 0 Å². The van der Waals surface area contributed by atoms with Gasteiger partial charge in [0.05, 0.1) is 7.11 Å². The second kappa shape index (κ2) is 5.74. The average molecular weight is 218 g/mol. The average Bonchev–Trinajstić information content (AvgIpc) is 2.28. The Morgan fingerprint density at radius 1 is 1.25 bits per heavy atom. The zero-order valence-corrected chi connectivity index (χ0v) is 11.0. The Hall–Kier alpha value is -1.24. The molecular formula is C15H22O. The van der Waals surface area contributed by atoms with E-state index >= 15 is 0 Å². The molecule has 0 N–H and O–H groups in total. The maximum atomic E-state index is 5.33. The maximum Gasteiger partial charge on any atom is 0.122 e. The van der Waals surface area contributed by atoms with E-state index < -0.39 is 0 Å². The van der Waals surface area contributed by atoms with Gasteiger partial charge in [0.25, 0.3) is 0 Å². The van der Waals surface area contributed by atoms with Crippen LogP contribution < -0.4 is 4.74 Å². The van der Waals surface area contributed by atoms with Crippen LogP contribution in [0.25, 0.3) is 0 Å². The van der Waals surface area contributed by atoms with Crippen LogP contribution in [0.1, 0.15) is 42.9 Å². The fourth-order valence-corrected chi connectivity index (χ4v) is 2.03. The smallest absolute Gasteiger partial charge is 0.122 e. The summed E-state index contributed by atoms with van der Waals surface area (Å²) in [5.74, 6) is 1.56. The normalized spacial score (nSPS) is 13.1. The maximum absolute atomic E-state index is 5.33. The lowest BCUT2D eigenvalue weighted by Gasteiger charge is -2.16. The minimum atomic E-state index is 0.570. The van der Waals surface area contributed by atoms with Gasteiger partial charge < -0.3 is 4.74 Å². The van der Waals surface area contributed by atoms with Gasteiger partial charge in [-0.15, -0.1) is 0 Å². The second-order valence-corrected chi connectivity index (χ2v) is 4.38. The van der Waals surface area contributed by atoms with E-state index in [4.69, 9.17) is 4.74 Å². The molecule has 0 spiro atoms. The lowest BCUT2D eigenvalue weighted by molar-refractivity contribution is 0.411. The molecule has 1 nitrogen and oxygen atoms in total. The van der Waals surface area contributed by atoms with Crippen LogP contribution in [0.3, 0.4) is 0 Å². The van der Waals surface area contributed by atoms with Crippen molar-refractivity contribution in [3.05, 3.63) is 41.0 Å². The van der Waals surface area contributed by atoms with Crippen LogP contribution >= 0.6 is 0 Å². The molecule has 1 unspecified atom stereocenters. The zero-order chi connectivity index (χ0) is 12.1. The van der Waals surface area contributed by atoms with E-state index in [2.05, 4.69) is 52.0 Å². The van der Waals surface area contributed by atoms with Gasteiger partial charge in [-0.05, 0) is 55.9 Å². The number of hydrogen-bond donors (Lipinski definition) is 0. The first-order chi connectivity index (χ1) is 7.60. The highest BCUT2D eigenvalue weighted by molar-refractivity contribution is 5.43. The van der Waals surface area contributed by atoms with Crippen molar-refractivity contribution in [3.63, 3.8) is 0 Å². The minimum Gasteiger partial charge on any atom is -0.496 e. The third-order valence-electron chi connectivity index (χ3n) is 3.04. The van der Waals surface area contributed by atoms with Crippen molar-refractivity contribution in [2.24, 2.45) is 0 Å². The van der Waals surface area contributed by atoms with Crippen LogP contribution in [0, 0.1) is 13.8 Å². The van der Waals surface area contributed by atoms with Crippen LogP contribution in [0.5, 0.6) is 5.75 Å². The van der Waals surface area contributed by atoms with Gasteiger partial charge in [-0.25, -0.2) is 0 Å². The molecule has 0 aliphatic carbocycles. The molecule has 88 valence electrons. The highest BCUT2D eigenvalue weighted by Crippen LogP contribution is 2.29. The Bertz CT molecular complexity index is 377. The number of ether oxygens (including phenoxy) is 1. The van der Waals surface area contributed by atoms with E-state index in [-0.39, 0.29) is 0 Å². The summed E-state index contributed by atoms with van der Waals surface area (Å²) in [6.07, 6.45) is 5.44. The van der Waals surface area contributed by atoms with Crippen molar-refractivity contribution >= 4 is 0 Å². The first-order valence-corrected chi connectivity index (χ1v) is 5.86. The van der Waals surface area contributed by atoms with Crippen molar-refractivity contribution in [2.45, 2.75) is 40.0 Å². The molecule has 0 radical (unpaired) electrons. The summed E-state index contributed by atoms with van der Waals surface area (Å²) in [5, 5.41) is 0. The molecule has 1 aromatic rings. The summed E-state index contributed by atoms with van der Waals surface area (Å²) in [5.41, 5.74) is 3.96. The predicted molar refractivity (Wildman–Crippen MR) is 70.3 cm³/mol. The van der Waals surface area contributed by atoms with E-state index in [1.165, 1.54) is 16.7 Å². The summed E-state index contributed by atoms with van der Waals surface area (Å²) in [7, 11) is 1.73. The summed E-state index contributed by atoms with van der Waals surface area (Å²) in [4.78, 5) is 0. The minimum absolute atomic E-state index is 0.570. The van der Waals surface area contributed by atoms with E-state index in [0.29, 0.717) is 5.92 Å². The van der Waals surface area contributed by atoms with Crippen LogP contribution in [0.2, 0.25) is 0 Å². The Labute approximate surface area is 99.1 Å². The van der Waals surface area contributed by atoms with E-state index in [1.807, 2.05) is 0 Å². The number of methoxy groups -OCH3 is 1. The predicted octanol–water partition coefficient (Wildman–Crippen LogP) is 4.38. The third kappa shape index (κ3) is 2.88. The van der Waals surface area contributed by atoms with Gasteiger partial charge >= 0.3 is 0 Å². The SMILES string of the molecule is C/C=C\CC(C)c1cc(C)c(OC)cc1C. The number of hydrogen-bond acceptors (Lipinski definition) is 1. The number of aryl methyl sites for hydroxylation is 2. The molecule has 0 saturated carbocycles. The topological polar surface area (TPSA) is 9.23 Å². The molecule has 0 bridgehead atoms. The number of rotatable bonds is 4. The van der Waals surface area contributed by atoms with Crippen LogP contribution in [-0.4, -0.2) is 7.11 Å². The molecule has 1 aromatic carbocycles. The fourth-order valence-electron chi connectivity index (χ4n) is 2.03. The summed E-state index contributed by atoms with van der Waals surface area (Å²) < 4.78 is 5.33. The monoisotopic (exact) mass is 218 g/mol. The molecule has 1 heteroatoms. The fraction of sp³-hybridized carbons (Fsp3) is 0.467. The summed E-state index contributed by atoms with van der Waals surface area (Å²) in [6.45, 7) is 8.60.